The second-order valence-electron chi connectivity index (χ2n) is 13.5. The van der Waals surface area contributed by atoms with E-state index < -0.39 is 11.8 Å². The van der Waals surface area contributed by atoms with Crippen LogP contribution in [0.25, 0.3) is 59.6 Å². The summed E-state index contributed by atoms with van der Waals surface area (Å²) in [6, 6.07) is 46.0. The number of hydrogen-bond acceptors (Lipinski definition) is 3. The molecule has 0 bridgehead atoms. The molecule has 53 heavy (non-hydrogen) atoms. The van der Waals surface area contributed by atoms with Crippen LogP contribution in [0, 0.1) is 11.8 Å². The van der Waals surface area contributed by atoms with Gasteiger partial charge in [-0.3, -0.25) is 9.98 Å². The van der Waals surface area contributed by atoms with Gasteiger partial charge in [0.1, 0.15) is 0 Å². The lowest BCUT2D eigenvalue weighted by Gasteiger charge is -2.33. The van der Waals surface area contributed by atoms with E-state index >= 15 is 0 Å². The molecule has 0 amide bonds. The Labute approximate surface area is 323 Å². The van der Waals surface area contributed by atoms with Gasteiger partial charge in [-0.05, 0) is 69.5 Å². The zero-order valence-corrected chi connectivity index (χ0v) is 29.5. The van der Waals surface area contributed by atoms with Gasteiger partial charge in [-0.1, -0.05) is 164 Å². The van der Waals surface area contributed by atoms with Crippen molar-refractivity contribution in [2.45, 2.75) is 12.8 Å². The molecule has 0 N–H and O–H groups in total. The Balaban J connectivity index is 1.21. The smallest absolute Gasteiger partial charge is 0.0961 e. The maximum Gasteiger partial charge on any atom is 0.0961 e. The predicted octanol–water partition coefficient (Wildman–Crippen LogP) is 13.4. The van der Waals surface area contributed by atoms with Gasteiger partial charge in [0.15, 0.2) is 0 Å². The fourth-order valence-electron chi connectivity index (χ4n) is 7.82. The maximum absolute atomic E-state index is 9.72. The molecule has 2 aromatic heterocycles. The van der Waals surface area contributed by atoms with Crippen LogP contribution in [-0.4, -0.2) is 10.7 Å². The highest BCUT2D eigenvalue weighted by Gasteiger charge is 2.33. The van der Waals surface area contributed by atoms with Crippen molar-refractivity contribution in [3.05, 3.63) is 199 Å². The Morgan fingerprint density at radius 1 is 0.547 bits per heavy atom. The first kappa shape index (κ1) is 25.7. The van der Waals surface area contributed by atoms with E-state index in [0.717, 1.165) is 59.6 Å². The molecule has 3 heteroatoms. The third kappa shape index (κ3) is 5.65. The van der Waals surface area contributed by atoms with Gasteiger partial charge in [0, 0.05) is 50.0 Å². The Morgan fingerprint density at radius 3 is 1.87 bits per heavy atom. The molecule has 10 rings (SSSR count). The third-order valence-electron chi connectivity index (χ3n) is 10.3. The molecule has 0 saturated heterocycles. The molecular weight excluding hydrogens is 661 g/mol. The Bertz CT molecular complexity index is 3000. The van der Waals surface area contributed by atoms with Crippen LogP contribution in [-0.2, 0) is 6.42 Å². The van der Waals surface area contributed by atoms with Gasteiger partial charge in [0.05, 0.1) is 19.4 Å². The van der Waals surface area contributed by atoms with Crippen molar-refractivity contribution in [2.75, 3.05) is 0 Å². The third-order valence-corrected chi connectivity index (χ3v) is 11.6. The van der Waals surface area contributed by atoms with Crippen molar-refractivity contribution in [3.8, 4) is 43.1 Å². The standard InChI is InChI=1S/C50H36N2S/c1-4-14-33(15-5-1)45-46(50(37-18-8-3-9-19-37)53-49(45)36-16-6-2-7-17-36)39-21-12-20-38(32-39)40-28-29-43(42-24-11-10-23-41(40)42)44-30-27-35-26-25-34-22-13-31-51-47(34)48(35)52-44/h1-26,28-29,31-32,41-42H,27,30H2/i10D,11D,23D,24D,28D,29D. The highest BCUT2D eigenvalue weighted by molar-refractivity contribution is 7.20. The van der Waals surface area contributed by atoms with Crippen LogP contribution in [0.3, 0.4) is 0 Å². The molecule has 2 aliphatic carbocycles. The van der Waals surface area contributed by atoms with Crippen LogP contribution in [0.4, 0.5) is 5.69 Å². The Hall–Kier alpha value is -6.16. The minimum absolute atomic E-state index is 0.0661. The number of aliphatic imine (C=N–C) groups is 1. The van der Waals surface area contributed by atoms with E-state index in [4.69, 9.17) is 7.73 Å². The fourth-order valence-corrected chi connectivity index (χ4v) is 9.17. The van der Waals surface area contributed by atoms with Crippen LogP contribution < -0.4 is 0 Å². The Kier molecular flexibility index (Phi) is 6.52. The van der Waals surface area contributed by atoms with Gasteiger partial charge >= 0.3 is 0 Å². The molecule has 3 aliphatic rings. The number of rotatable bonds is 6. The zero-order valence-electron chi connectivity index (χ0n) is 34.7. The van der Waals surface area contributed by atoms with Crippen LogP contribution >= 0.6 is 11.3 Å². The summed E-state index contributed by atoms with van der Waals surface area (Å²) >= 11 is 1.74. The van der Waals surface area contributed by atoms with E-state index in [2.05, 4.69) is 65.6 Å². The largest absolute Gasteiger partial charge is 0.254 e. The van der Waals surface area contributed by atoms with Crippen molar-refractivity contribution >= 4 is 39.2 Å². The van der Waals surface area contributed by atoms with Gasteiger partial charge in [0.2, 0.25) is 0 Å². The van der Waals surface area contributed by atoms with E-state index in [1.807, 2.05) is 78.9 Å². The van der Waals surface area contributed by atoms with Crippen molar-refractivity contribution in [1.82, 2.24) is 4.98 Å². The van der Waals surface area contributed by atoms with Gasteiger partial charge < -0.3 is 0 Å². The quantitative estimate of drug-likeness (QED) is 0.169. The number of hydrogen-bond donors (Lipinski definition) is 0. The van der Waals surface area contributed by atoms with Crippen molar-refractivity contribution in [1.29, 1.82) is 0 Å². The molecule has 0 spiro atoms. The van der Waals surface area contributed by atoms with E-state index in [1.54, 1.807) is 17.5 Å². The predicted molar refractivity (Wildman–Crippen MR) is 225 cm³/mol. The van der Waals surface area contributed by atoms with Gasteiger partial charge in [0.25, 0.3) is 0 Å². The maximum atomic E-state index is 9.72. The fraction of sp³-hybridized carbons (Fsp3) is 0.0800. The van der Waals surface area contributed by atoms with Crippen LogP contribution in [0.15, 0.2) is 193 Å². The summed E-state index contributed by atoms with van der Waals surface area (Å²) in [6.07, 6.45) is 2.85. The van der Waals surface area contributed by atoms with Gasteiger partial charge in [-0.2, -0.15) is 0 Å². The molecule has 7 aromatic rings. The number of pyridine rings is 1. The second kappa shape index (κ2) is 13.4. The Morgan fingerprint density at radius 2 is 1.15 bits per heavy atom. The summed E-state index contributed by atoms with van der Waals surface area (Å²) in [7, 11) is 0. The topological polar surface area (TPSA) is 25.2 Å². The van der Waals surface area contributed by atoms with Gasteiger partial charge in [-0.25, -0.2) is 0 Å². The lowest BCUT2D eigenvalue weighted by Crippen LogP contribution is -2.25. The molecule has 5 aromatic carbocycles. The summed E-state index contributed by atoms with van der Waals surface area (Å²) < 4.78 is 55.8. The lowest BCUT2D eigenvalue weighted by molar-refractivity contribution is 0.656. The average molecular weight is 703 g/mol. The van der Waals surface area contributed by atoms with Gasteiger partial charge in [-0.15, -0.1) is 11.3 Å². The van der Waals surface area contributed by atoms with Crippen molar-refractivity contribution in [2.24, 2.45) is 16.8 Å². The number of nitrogens with zero attached hydrogens (tertiary/aromatic N) is 2. The number of aromatic nitrogens is 1. The summed E-state index contributed by atoms with van der Waals surface area (Å²) in [5.74, 6) is -1.87. The molecule has 2 atom stereocenters. The zero-order chi connectivity index (χ0) is 40.4. The van der Waals surface area contributed by atoms with E-state index in [0.29, 0.717) is 41.0 Å². The molecular formula is C50H36N2S. The molecule has 0 fully saturated rings. The summed E-state index contributed by atoms with van der Waals surface area (Å²) in [5, 5.41) is 0.941. The van der Waals surface area contributed by atoms with Crippen molar-refractivity contribution in [3.63, 3.8) is 0 Å². The molecule has 0 saturated carbocycles. The first-order valence-corrected chi connectivity index (χ1v) is 18.8. The number of allylic oxidation sites excluding steroid dienone is 8. The number of benzene rings is 5. The van der Waals surface area contributed by atoms with E-state index in [1.165, 1.54) is 0 Å². The van der Waals surface area contributed by atoms with Crippen LogP contribution in [0.5, 0.6) is 0 Å². The number of thiophene rings is 1. The molecule has 2 unspecified atom stereocenters. The lowest BCUT2D eigenvalue weighted by atomic mass is 9.71. The van der Waals surface area contributed by atoms with E-state index in [9.17, 15) is 5.48 Å². The number of fused-ring (bicyclic) bond motifs is 4. The highest BCUT2D eigenvalue weighted by Crippen LogP contribution is 2.53. The first-order chi connectivity index (χ1) is 28.8. The molecule has 252 valence electrons. The first-order valence-electron chi connectivity index (χ1n) is 21.0. The van der Waals surface area contributed by atoms with E-state index in [-0.39, 0.29) is 36.3 Å². The van der Waals surface area contributed by atoms with Crippen LogP contribution in [0.1, 0.15) is 25.8 Å². The minimum Gasteiger partial charge on any atom is -0.254 e. The normalized spacial score (nSPS) is 20.2. The monoisotopic (exact) mass is 702 g/mol. The van der Waals surface area contributed by atoms with Crippen molar-refractivity contribution < 1.29 is 8.22 Å². The molecule has 0 radical (unpaired) electrons. The molecule has 1 aliphatic heterocycles. The second-order valence-corrected chi connectivity index (χ2v) is 14.5. The summed E-state index contributed by atoms with van der Waals surface area (Å²) in [5.41, 5.74) is 10.8. The summed E-state index contributed by atoms with van der Waals surface area (Å²) in [4.78, 5) is 12.0. The number of aryl methyl sites for hydroxylation is 1. The highest BCUT2D eigenvalue weighted by atomic mass is 32.1. The SMILES string of the molecule is [2H]C1=C([2H])C2C(C3=Nc4c(ccc5cccnc45)CC3)=C([2H])C([2H])=C(c3cccc(-c4c(-c5ccccc5)sc(-c5ccccc5)c4-c4ccccc4)c3)C2C([2H])=C1[2H]. The molecule has 2 nitrogen and oxygen atoms in total. The average Bonchev–Trinajstić information content (AvgIpc) is 3.70. The minimum atomic E-state index is -0.935. The van der Waals surface area contributed by atoms with Crippen LogP contribution in [0.2, 0.25) is 0 Å². The summed E-state index contributed by atoms with van der Waals surface area (Å²) in [6.45, 7) is 0. The molecule has 3 heterocycles.